The van der Waals surface area contributed by atoms with E-state index in [-0.39, 0.29) is 0 Å². The molecule has 0 N–H and O–H groups in total. The zero-order chi connectivity index (χ0) is 13.4. The Hall–Kier alpha value is -1.13. The monoisotopic (exact) mass is 290 g/mol. The third-order valence-electron chi connectivity index (χ3n) is 1.64. The largest absolute Gasteiger partial charge is 0.434 e. The smallest absolute Gasteiger partial charge is 0.239 e. The predicted molar refractivity (Wildman–Crippen MR) is 48.7 cm³/mol. The van der Waals surface area contributed by atoms with Gasteiger partial charge in [-0.25, -0.2) is 4.98 Å². The van der Waals surface area contributed by atoms with Crippen LogP contribution in [0.25, 0.3) is 0 Å². The number of aromatic nitrogens is 1. The van der Waals surface area contributed by atoms with E-state index < -0.39 is 33.5 Å². The molecule has 0 amide bonds. The highest BCUT2D eigenvalue weighted by Gasteiger charge is 2.40. The Balaban J connectivity index is 3.58. The molecular weight excluding hydrogens is 290 g/mol. The van der Waals surface area contributed by atoms with E-state index in [4.69, 9.17) is 16.9 Å². The summed E-state index contributed by atoms with van der Waals surface area (Å²) in [6.07, 6.45) is -5.08. The van der Waals surface area contributed by atoms with Crippen molar-refractivity contribution in [2.24, 2.45) is 0 Å². The zero-order valence-electron chi connectivity index (χ0n) is 7.62. The van der Waals surface area contributed by atoms with Crippen molar-refractivity contribution in [3.63, 3.8) is 0 Å². The van der Waals surface area contributed by atoms with Crippen LogP contribution < -0.4 is 0 Å². The van der Waals surface area contributed by atoms with Crippen LogP contribution in [-0.2, 0) is 11.6 Å². The van der Waals surface area contributed by atoms with Crippen LogP contribution in [0.15, 0.2) is 6.07 Å². The van der Waals surface area contributed by atoms with Crippen LogP contribution in [0.4, 0.5) is 22.0 Å². The van der Waals surface area contributed by atoms with E-state index >= 15 is 0 Å². The maximum absolute atomic E-state index is 12.6. The first-order chi connectivity index (χ1) is 7.57. The molecule has 17 heavy (non-hydrogen) atoms. The molecular formula is C8HCl2F5N2. The minimum absolute atomic E-state index is 0.419. The second kappa shape index (κ2) is 4.27. The van der Waals surface area contributed by atoms with Crippen molar-refractivity contribution in [2.75, 3.05) is 0 Å². The van der Waals surface area contributed by atoms with Crippen LogP contribution in [0.2, 0.25) is 5.02 Å². The SMILES string of the molecule is N#Cc1c(Cl)cc(C(F)(F)Cl)nc1C(F)(F)F. The second-order valence-electron chi connectivity index (χ2n) is 2.82. The molecule has 2 nitrogen and oxygen atoms in total. The molecule has 0 aliphatic heterocycles. The number of nitriles is 1. The Labute approximate surface area is 102 Å². The predicted octanol–water partition coefficient (Wildman–Crippen LogP) is 3.91. The molecule has 1 aromatic rings. The van der Waals surface area contributed by atoms with E-state index in [2.05, 4.69) is 16.6 Å². The molecule has 92 valence electrons. The fourth-order valence-corrected chi connectivity index (χ4v) is 1.30. The highest BCUT2D eigenvalue weighted by atomic mass is 35.5. The van der Waals surface area contributed by atoms with Crippen LogP contribution in [0, 0.1) is 11.3 Å². The summed E-state index contributed by atoms with van der Waals surface area (Å²) in [5.41, 5.74) is -4.18. The van der Waals surface area contributed by atoms with Crippen molar-refractivity contribution < 1.29 is 22.0 Å². The fraction of sp³-hybridized carbons (Fsp3) is 0.250. The van der Waals surface area contributed by atoms with Crippen molar-refractivity contribution in [3.8, 4) is 6.07 Å². The standard InChI is InChI=1S/C8HCl2F5N2/c9-4-1-5(7(10,11)12)17-6(3(4)2-16)8(13,14)15/h1H. The van der Waals surface area contributed by atoms with Gasteiger partial charge in [-0.15, -0.1) is 0 Å². The lowest BCUT2D eigenvalue weighted by atomic mass is 10.2. The van der Waals surface area contributed by atoms with Gasteiger partial charge in [-0.3, -0.25) is 0 Å². The maximum Gasteiger partial charge on any atom is 0.434 e. The summed E-state index contributed by atoms with van der Waals surface area (Å²) in [5, 5.41) is 3.57. The normalized spacial score (nSPS) is 12.4. The highest BCUT2D eigenvalue weighted by Crippen LogP contribution is 2.38. The van der Waals surface area contributed by atoms with Gasteiger partial charge in [0.05, 0.1) is 5.02 Å². The summed E-state index contributed by atoms with van der Waals surface area (Å²) in [6.45, 7) is 0. The van der Waals surface area contributed by atoms with E-state index in [1.807, 2.05) is 0 Å². The van der Waals surface area contributed by atoms with Crippen LogP contribution in [0.3, 0.4) is 0 Å². The van der Waals surface area contributed by atoms with Gasteiger partial charge in [0.25, 0.3) is 0 Å². The lowest BCUT2D eigenvalue weighted by Gasteiger charge is -2.13. The van der Waals surface area contributed by atoms with E-state index in [1.165, 1.54) is 0 Å². The lowest BCUT2D eigenvalue weighted by Crippen LogP contribution is -2.16. The van der Waals surface area contributed by atoms with Gasteiger partial charge in [0.2, 0.25) is 0 Å². The minimum Gasteiger partial charge on any atom is -0.239 e. The maximum atomic E-state index is 12.6. The molecule has 0 bridgehead atoms. The molecule has 0 saturated carbocycles. The average molecular weight is 291 g/mol. The average Bonchev–Trinajstić information content (AvgIpc) is 2.13. The van der Waals surface area contributed by atoms with Crippen molar-refractivity contribution in [3.05, 3.63) is 28.0 Å². The van der Waals surface area contributed by atoms with E-state index in [0.29, 0.717) is 6.07 Å². The highest BCUT2D eigenvalue weighted by molar-refractivity contribution is 6.32. The van der Waals surface area contributed by atoms with Gasteiger partial charge in [-0.1, -0.05) is 11.6 Å². The number of alkyl halides is 6. The van der Waals surface area contributed by atoms with Gasteiger partial charge in [0.1, 0.15) is 17.3 Å². The van der Waals surface area contributed by atoms with Crippen LogP contribution in [0.5, 0.6) is 0 Å². The number of pyridine rings is 1. The number of hydrogen-bond donors (Lipinski definition) is 0. The lowest BCUT2D eigenvalue weighted by molar-refractivity contribution is -0.141. The Bertz CT molecular complexity index is 486. The molecule has 0 fully saturated rings. The Kier molecular flexibility index (Phi) is 3.50. The summed E-state index contributed by atoms with van der Waals surface area (Å²) >= 11 is 9.84. The Morgan fingerprint density at radius 2 is 1.76 bits per heavy atom. The van der Waals surface area contributed by atoms with Gasteiger partial charge in [0, 0.05) is 0 Å². The van der Waals surface area contributed by atoms with Crippen molar-refractivity contribution in [2.45, 2.75) is 11.6 Å². The molecule has 1 rings (SSSR count). The van der Waals surface area contributed by atoms with E-state index in [9.17, 15) is 22.0 Å². The molecule has 0 saturated heterocycles. The summed E-state index contributed by atoms with van der Waals surface area (Å²) in [6, 6.07) is 1.57. The van der Waals surface area contributed by atoms with Gasteiger partial charge >= 0.3 is 11.6 Å². The molecule has 0 aliphatic carbocycles. The van der Waals surface area contributed by atoms with Crippen molar-refractivity contribution in [1.82, 2.24) is 4.98 Å². The van der Waals surface area contributed by atoms with Gasteiger partial charge in [-0.05, 0) is 17.7 Å². The second-order valence-corrected chi connectivity index (χ2v) is 3.70. The third-order valence-corrected chi connectivity index (χ3v) is 2.13. The number of rotatable bonds is 1. The molecule has 0 unspecified atom stereocenters. The Morgan fingerprint density at radius 3 is 2.12 bits per heavy atom. The van der Waals surface area contributed by atoms with Crippen molar-refractivity contribution in [1.29, 1.82) is 5.26 Å². The van der Waals surface area contributed by atoms with Gasteiger partial charge < -0.3 is 0 Å². The van der Waals surface area contributed by atoms with E-state index in [0.717, 1.165) is 6.07 Å². The minimum atomic E-state index is -5.08. The zero-order valence-corrected chi connectivity index (χ0v) is 9.13. The van der Waals surface area contributed by atoms with Gasteiger partial charge in [-0.2, -0.15) is 27.2 Å². The van der Waals surface area contributed by atoms with Crippen molar-refractivity contribution >= 4 is 23.2 Å². The summed E-state index contributed by atoms with van der Waals surface area (Å²) < 4.78 is 62.5. The number of halogens is 7. The number of hydrogen-bond acceptors (Lipinski definition) is 2. The third kappa shape index (κ3) is 2.96. The first-order valence-corrected chi connectivity index (χ1v) is 4.58. The molecule has 0 aliphatic rings. The molecule has 9 heteroatoms. The molecule has 1 heterocycles. The molecule has 0 aromatic carbocycles. The number of nitrogens with zero attached hydrogens (tertiary/aromatic N) is 2. The van der Waals surface area contributed by atoms with Crippen LogP contribution >= 0.6 is 23.2 Å². The topological polar surface area (TPSA) is 36.7 Å². The first-order valence-electron chi connectivity index (χ1n) is 3.82. The quantitative estimate of drug-likeness (QED) is 0.581. The molecule has 0 spiro atoms. The summed E-state index contributed by atoms with van der Waals surface area (Å²) in [7, 11) is 0. The van der Waals surface area contributed by atoms with Gasteiger partial charge in [0.15, 0.2) is 5.69 Å². The molecule has 0 atom stereocenters. The Morgan fingerprint density at radius 1 is 1.24 bits per heavy atom. The summed E-state index contributed by atoms with van der Waals surface area (Å²) in [5.74, 6) is 0. The molecule has 1 aromatic heterocycles. The fourth-order valence-electron chi connectivity index (χ4n) is 0.971. The van der Waals surface area contributed by atoms with E-state index in [1.54, 1.807) is 0 Å². The van der Waals surface area contributed by atoms with Crippen LogP contribution in [-0.4, -0.2) is 4.98 Å². The first kappa shape index (κ1) is 13.9. The molecule has 0 radical (unpaired) electrons. The van der Waals surface area contributed by atoms with Crippen LogP contribution in [0.1, 0.15) is 17.0 Å². The summed E-state index contributed by atoms with van der Waals surface area (Å²) in [4.78, 5) is 2.63.